The van der Waals surface area contributed by atoms with Gasteiger partial charge in [0.1, 0.15) is 16.8 Å². The van der Waals surface area contributed by atoms with Gasteiger partial charge in [-0.25, -0.2) is 0 Å². The van der Waals surface area contributed by atoms with Crippen molar-refractivity contribution in [3.8, 4) is 0 Å². The predicted molar refractivity (Wildman–Crippen MR) is 129 cm³/mol. The van der Waals surface area contributed by atoms with E-state index in [-0.39, 0.29) is 38.4 Å². The van der Waals surface area contributed by atoms with Crippen LogP contribution in [0.1, 0.15) is 88.0 Å². The molecule has 0 spiro atoms. The normalized spacial score (nSPS) is 19.8. The van der Waals surface area contributed by atoms with E-state index in [1.54, 1.807) is 72.1 Å². The molecule has 0 bridgehead atoms. The molecule has 34 heavy (non-hydrogen) atoms. The molecule has 0 aromatic rings. The summed E-state index contributed by atoms with van der Waals surface area (Å²) in [6, 6.07) is -0.487. The number of esters is 3. The molecule has 1 N–H and O–H groups in total. The van der Waals surface area contributed by atoms with E-state index < -0.39 is 34.7 Å². The summed E-state index contributed by atoms with van der Waals surface area (Å²) in [5, 5.41) is 10.1. The van der Waals surface area contributed by atoms with E-state index in [9.17, 15) is 19.5 Å². The molecule has 0 unspecified atom stereocenters. The highest BCUT2D eigenvalue weighted by Crippen LogP contribution is 2.28. The number of ether oxygens (including phenoxy) is 3. The van der Waals surface area contributed by atoms with Gasteiger partial charge in [0.25, 0.3) is 0 Å². The smallest absolute Gasteiger partial charge is 0.320 e. The Morgan fingerprint density at radius 1 is 0.647 bits per heavy atom. The molecule has 0 saturated heterocycles. The van der Waals surface area contributed by atoms with Gasteiger partial charge in [0.05, 0.1) is 26.4 Å². The van der Waals surface area contributed by atoms with Crippen LogP contribution in [0, 0.1) is 0 Å². The maximum absolute atomic E-state index is 12.7. The molecule has 0 heterocycles. The second-order valence-electron chi connectivity index (χ2n) is 12.0. The van der Waals surface area contributed by atoms with E-state index in [1.165, 1.54) is 0 Å². The Morgan fingerprint density at radius 2 is 0.941 bits per heavy atom. The van der Waals surface area contributed by atoms with E-state index >= 15 is 0 Å². The Kier molecular flexibility index (Phi) is 11.0. The number of hydrogen-bond donors (Lipinski definition) is 1. The van der Waals surface area contributed by atoms with Crippen molar-refractivity contribution < 1.29 is 33.7 Å². The van der Waals surface area contributed by atoms with Gasteiger partial charge in [-0.1, -0.05) is 12.8 Å². The predicted octanol–water partition coefficient (Wildman–Crippen LogP) is 2.88. The van der Waals surface area contributed by atoms with E-state index in [2.05, 4.69) is 0 Å². The SMILES string of the molecule is CC(C)(C)OC(=O)CN(CO)[C@@H]1CCCC[C@H]1N(CC(=O)OC(C)(C)C)CC(=O)OC(C)(C)C. The Hall–Kier alpha value is -1.71. The Bertz CT molecular complexity index is 659. The first-order valence-electron chi connectivity index (χ1n) is 12.1. The van der Waals surface area contributed by atoms with Crippen LogP contribution in [-0.2, 0) is 28.6 Å². The molecule has 0 aromatic carbocycles. The highest BCUT2D eigenvalue weighted by atomic mass is 16.6. The molecule has 0 amide bonds. The zero-order chi connectivity index (χ0) is 26.3. The fourth-order valence-electron chi connectivity index (χ4n) is 4.12. The van der Waals surface area contributed by atoms with Crippen LogP contribution in [0.4, 0.5) is 0 Å². The molecule has 1 aliphatic rings. The average molecular weight is 487 g/mol. The van der Waals surface area contributed by atoms with E-state index in [4.69, 9.17) is 14.2 Å². The Morgan fingerprint density at radius 3 is 1.24 bits per heavy atom. The summed E-state index contributed by atoms with van der Waals surface area (Å²) in [6.45, 7) is 15.5. The van der Waals surface area contributed by atoms with Crippen LogP contribution >= 0.6 is 0 Å². The Balaban J connectivity index is 3.13. The van der Waals surface area contributed by atoms with Gasteiger partial charge in [-0.2, -0.15) is 0 Å². The zero-order valence-electron chi connectivity index (χ0n) is 22.6. The molecular formula is C25H46N2O7. The van der Waals surface area contributed by atoms with E-state index in [1.807, 2.05) is 0 Å². The third kappa shape index (κ3) is 12.1. The van der Waals surface area contributed by atoms with Gasteiger partial charge in [-0.3, -0.25) is 24.2 Å². The van der Waals surface area contributed by atoms with Gasteiger partial charge < -0.3 is 19.3 Å². The van der Waals surface area contributed by atoms with Crippen molar-refractivity contribution in [2.45, 2.75) is 117 Å². The summed E-state index contributed by atoms with van der Waals surface area (Å²) in [5.41, 5.74) is -1.95. The molecule has 9 heteroatoms. The molecule has 0 radical (unpaired) electrons. The summed E-state index contributed by atoms with van der Waals surface area (Å²) in [4.78, 5) is 41.3. The molecule has 0 aromatic heterocycles. The number of carbonyl (C=O) groups is 3. The highest BCUT2D eigenvalue weighted by molar-refractivity contribution is 5.75. The number of rotatable bonds is 9. The molecule has 198 valence electrons. The molecule has 0 aliphatic heterocycles. The molecule has 9 nitrogen and oxygen atoms in total. The number of carbonyl (C=O) groups excluding carboxylic acids is 3. The van der Waals surface area contributed by atoms with Crippen LogP contribution in [0.3, 0.4) is 0 Å². The van der Waals surface area contributed by atoms with Crippen LogP contribution in [0.15, 0.2) is 0 Å². The number of aliphatic hydroxyl groups excluding tert-OH is 1. The van der Waals surface area contributed by atoms with E-state index in [0.717, 1.165) is 12.8 Å². The topological polar surface area (TPSA) is 106 Å². The third-order valence-electron chi connectivity index (χ3n) is 5.07. The summed E-state index contributed by atoms with van der Waals surface area (Å²) in [7, 11) is 0. The molecular weight excluding hydrogens is 440 g/mol. The van der Waals surface area contributed by atoms with Gasteiger partial charge in [0, 0.05) is 12.1 Å². The van der Waals surface area contributed by atoms with Crippen molar-refractivity contribution >= 4 is 17.9 Å². The van der Waals surface area contributed by atoms with Crippen molar-refractivity contribution in [3.05, 3.63) is 0 Å². The van der Waals surface area contributed by atoms with Crippen LogP contribution in [0.25, 0.3) is 0 Å². The maximum Gasteiger partial charge on any atom is 0.320 e. The minimum Gasteiger partial charge on any atom is -0.459 e. The van der Waals surface area contributed by atoms with E-state index in [0.29, 0.717) is 12.8 Å². The molecule has 1 aliphatic carbocycles. The average Bonchev–Trinajstić information content (AvgIpc) is 2.61. The second kappa shape index (κ2) is 12.3. The first-order valence-corrected chi connectivity index (χ1v) is 12.1. The maximum atomic E-state index is 12.7. The summed E-state index contributed by atoms with van der Waals surface area (Å²) in [6.07, 6.45) is 3.25. The summed E-state index contributed by atoms with van der Waals surface area (Å²) in [5.74, 6) is -1.32. The standard InChI is InChI=1S/C25H46N2O7/c1-23(2,3)32-20(29)14-26(15-21(30)33-24(4,5)6)18-12-10-11-13-19(18)27(17-28)16-22(31)34-25(7,8)9/h18-19,28H,10-17H2,1-9H3/t18-,19-/m1/s1. The lowest BCUT2D eigenvalue weighted by atomic mass is 9.88. The van der Waals surface area contributed by atoms with Crippen molar-refractivity contribution in [1.82, 2.24) is 9.80 Å². The summed E-state index contributed by atoms with van der Waals surface area (Å²) >= 11 is 0. The molecule has 1 rings (SSSR count). The van der Waals surface area contributed by atoms with Crippen molar-refractivity contribution in [1.29, 1.82) is 0 Å². The van der Waals surface area contributed by atoms with Gasteiger partial charge in [0.2, 0.25) is 0 Å². The monoisotopic (exact) mass is 486 g/mol. The Labute approximate surface area is 205 Å². The number of hydrogen-bond acceptors (Lipinski definition) is 9. The molecule has 2 atom stereocenters. The largest absolute Gasteiger partial charge is 0.459 e. The number of nitrogens with zero attached hydrogens (tertiary/aromatic N) is 2. The fraction of sp³-hybridized carbons (Fsp3) is 0.880. The highest BCUT2D eigenvalue weighted by Gasteiger charge is 2.38. The third-order valence-corrected chi connectivity index (χ3v) is 5.07. The minimum absolute atomic E-state index is 0.0817. The fourth-order valence-corrected chi connectivity index (χ4v) is 4.12. The van der Waals surface area contributed by atoms with Crippen LogP contribution < -0.4 is 0 Å². The van der Waals surface area contributed by atoms with Crippen LogP contribution in [0.2, 0.25) is 0 Å². The zero-order valence-corrected chi connectivity index (χ0v) is 22.6. The first-order chi connectivity index (χ1) is 15.4. The second-order valence-corrected chi connectivity index (χ2v) is 12.0. The first kappa shape index (κ1) is 30.3. The van der Waals surface area contributed by atoms with Crippen LogP contribution in [0.5, 0.6) is 0 Å². The van der Waals surface area contributed by atoms with Gasteiger partial charge >= 0.3 is 17.9 Å². The summed E-state index contributed by atoms with van der Waals surface area (Å²) < 4.78 is 16.5. The lowest BCUT2D eigenvalue weighted by molar-refractivity contribution is -0.165. The van der Waals surface area contributed by atoms with Gasteiger partial charge in [-0.15, -0.1) is 0 Å². The molecule has 1 fully saturated rings. The van der Waals surface area contributed by atoms with Crippen molar-refractivity contribution in [2.24, 2.45) is 0 Å². The molecule has 1 saturated carbocycles. The van der Waals surface area contributed by atoms with Gasteiger partial charge in [0.15, 0.2) is 0 Å². The quantitative estimate of drug-likeness (QED) is 0.299. The van der Waals surface area contributed by atoms with Gasteiger partial charge in [-0.05, 0) is 75.2 Å². The van der Waals surface area contributed by atoms with Crippen LogP contribution in [-0.4, -0.2) is 88.1 Å². The van der Waals surface area contributed by atoms with Crippen molar-refractivity contribution in [2.75, 3.05) is 26.4 Å². The van der Waals surface area contributed by atoms with Crippen molar-refractivity contribution in [3.63, 3.8) is 0 Å². The minimum atomic E-state index is -0.658. The number of aliphatic hydroxyl groups is 1. The lowest BCUT2D eigenvalue weighted by Crippen LogP contribution is -2.57. The lowest BCUT2D eigenvalue weighted by Gasteiger charge is -2.44.